The molecule has 0 atom stereocenters. The van der Waals surface area contributed by atoms with E-state index in [0.717, 1.165) is 5.69 Å². The normalized spacial score (nSPS) is 10.4. The van der Waals surface area contributed by atoms with Crippen LogP contribution in [0.25, 0.3) is 11.5 Å². The van der Waals surface area contributed by atoms with E-state index in [-0.39, 0.29) is 0 Å². The minimum absolute atomic E-state index is 0.349. The third kappa shape index (κ3) is 1.37. The molecule has 0 saturated heterocycles. The summed E-state index contributed by atoms with van der Waals surface area (Å²) in [6, 6.07) is 0. The molecule has 0 aromatic carbocycles. The number of nitrogens with zero attached hydrogens (tertiary/aromatic N) is 4. The van der Waals surface area contributed by atoms with Gasteiger partial charge in [-0.3, -0.25) is 4.98 Å². The van der Waals surface area contributed by atoms with Crippen LogP contribution in [-0.2, 0) is 0 Å². The monoisotopic (exact) mass is 208 g/mol. The van der Waals surface area contributed by atoms with Crippen LogP contribution in [0.3, 0.4) is 0 Å². The molecule has 14 heavy (non-hydrogen) atoms. The molecule has 0 spiro atoms. The van der Waals surface area contributed by atoms with Crippen LogP contribution in [0.2, 0.25) is 0 Å². The molecule has 0 aliphatic carbocycles. The lowest BCUT2D eigenvalue weighted by atomic mass is 10.4. The van der Waals surface area contributed by atoms with Crippen molar-refractivity contribution in [2.24, 2.45) is 0 Å². The Morgan fingerprint density at radius 3 is 2.71 bits per heavy atom. The molecule has 0 bridgehead atoms. The first-order chi connectivity index (χ1) is 6.68. The molecule has 0 fully saturated rings. The first kappa shape index (κ1) is 8.82. The zero-order chi connectivity index (χ0) is 10.1. The molecular formula is C7H8N6S. The minimum Gasteiger partial charge on any atom is -0.335 e. The Hall–Kier alpha value is -1.76. The van der Waals surface area contributed by atoms with Gasteiger partial charge in [-0.1, -0.05) is 0 Å². The fourth-order valence-electron chi connectivity index (χ4n) is 0.993. The molecule has 2 heterocycles. The van der Waals surface area contributed by atoms with Crippen LogP contribution in [0.5, 0.6) is 0 Å². The topological polar surface area (TPSA) is 85.4 Å². The number of aromatic nitrogens is 5. The summed E-state index contributed by atoms with van der Waals surface area (Å²) in [5.74, 6) is 6.10. The molecular weight excluding hydrogens is 200 g/mol. The van der Waals surface area contributed by atoms with Crippen LogP contribution in [0, 0.1) is 11.7 Å². The highest BCUT2D eigenvalue weighted by molar-refractivity contribution is 7.71. The van der Waals surface area contributed by atoms with Gasteiger partial charge in [0.15, 0.2) is 0 Å². The number of rotatable bonds is 1. The fraction of sp³-hybridized carbons (Fsp3) is 0.143. The molecule has 0 aliphatic rings. The smallest absolute Gasteiger partial charge is 0.214 e. The first-order valence-electron chi connectivity index (χ1n) is 3.90. The summed E-state index contributed by atoms with van der Waals surface area (Å²) in [7, 11) is 0. The average molecular weight is 208 g/mol. The zero-order valence-electron chi connectivity index (χ0n) is 7.43. The average Bonchev–Trinajstić information content (AvgIpc) is 2.50. The molecule has 2 aromatic rings. The first-order valence-corrected chi connectivity index (χ1v) is 4.31. The molecule has 2 aromatic heterocycles. The Morgan fingerprint density at radius 2 is 2.21 bits per heavy atom. The number of aryl methyl sites for hydroxylation is 1. The number of nitrogens with one attached hydrogen (secondary N) is 1. The lowest BCUT2D eigenvalue weighted by Crippen LogP contribution is -2.10. The van der Waals surface area contributed by atoms with Crippen LogP contribution in [0.15, 0.2) is 12.4 Å². The Bertz CT molecular complexity index is 496. The highest BCUT2D eigenvalue weighted by Gasteiger charge is 2.07. The summed E-state index contributed by atoms with van der Waals surface area (Å²) in [5.41, 5.74) is 1.43. The summed E-state index contributed by atoms with van der Waals surface area (Å²) in [4.78, 5) is 8.22. The number of hydrogen-bond acceptors (Lipinski definition) is 5. The largest absolute Gasteiger partial charge is 0.335 e. The predicted molar refractivity (Wildman–Crippen MR) is 53.3 cm³/mol. The van der Waals surface area contributed by atoms with E-state index in [1.165, 1.54) is 4.68 Å². The molecule has 72 valence electrons. The van der Waals surface area contributed by atoms with Crippen molar-refractivity contribution in [1.82, 2.24) is 24.8 Å². The second-order valence-electron chi connectivity index (χ2n) is 2.77. The molecule has 3 N–H and O–H groups in total. The maximum atomic E-state index is 5.62. The number of hydrogen-bond donors (Lipinski definition) is 2. The Labute approximate surface area is 84.8 Å². The van der Waals surface area contributed by atoms with E-state index in [1.54, 1.807) is 12.4 Å². The van der Waals surface area contributed by atoms with Crippen molar-refractivity contribution in [2.75, 3.05) is 5.84 Å². The highest BCUT2D eigenvalue weighted by Crippen LogP contribution is 2.10. The van der Waals surface area contributed by atoms with Gasteiger partial charge in [-0.2, -0.15) is 5.10 Å². The van der Waals surface area contributed by atoms with Crippen molar-refractivity contribution in [3.63, 3.8) is 0 Å². The Balaban J connectivity index is 2.55. The molecule has 2 rings (SSSR count). The van der Waals surface area contributed by atoms with E-state index in [2.05, 4.69) is 20.2 Å². The van der Waals surface area contributed by atoms with Gasteiger partial charge in [0, 0.05) is 6.20 Å². The van der Waals surface area contributed by atoms with Gasteiger partial charge in [0.05, 0.1) is 11.9 Å². The van der Waals surface area contributed by atoms with Crippen LogP contribution in [-0.4, -0.2) is 24.8 Å². The van der Waals surface area contributed by atoms with E-state index < -0.39 is 0 Å². The van der Waals surface area contributed by atoms with Gasteiger partial charge in [0.2, 0.25) is 10.6 Å². The molecule has 6 nitrogen and oxygen atoms in total. The van der Waals surface area contributed by atoms with E-state index >= 15 is 0 Å². The quantitative estimate of drug-likeness (QED) is 0.524. The van der Waals surface area contributed by atoms with Gasteiger partial charge in [-0.25, -0.2) is 14.8 Å². The van der Waals surface area contributed by atoms with Crippen LogP contribution in [0.4, 0.5) is 0 Å². The maximum absolute atomic E-state index is 5.62. The number of nitrogens with two attached hydrogens (primary N) is 1. The van der Waals surface area contributed by atoms with E-state index in [0.29, 0.717) is 16.3 Å². The number of aromatic amines is 1. The maximum Gasteiger partial charge on any atom is 0.214 e. The Kier molecular flexibility index (Phi) is 2.01. The lowest BCUT2D eigenvalue weighted by Gasteiger charge is -1.98. The second kappa shape index (κ2) is 3.18. The molecule has 0 amide bonds. The van der Waals surface area contributed by atoms with E-state index in [1.807, 2.05) is 6.92 Å². The van der Waals surface area contributed by atoms with Crippen LogP contribution < -0.4 is 5.84 Å². The van der Waals surface area contributed by atoms with Gasteiger partial charge in [-0.05, 0) is 19.1 Å². The predicted octanol–water partition coefficient (Wildman–Crippen LogP) is 0.420. The SMILES string of the molecule is Cc1cnc(-c2n[nH]c(=S)n2N)cn1. The molecule has 7 heteroatoms. The number of H-pyrrole nitrogens is 1. The summed E-state index contributed by atoms with van der Waals surface area (Å²) >= 11 is 4.87. The summed E-state index contributed by atoms with van der Waals surface area (Å²) in [6.07, 6.45) is 3.25. The van der Waals surface area contributed by atoms with Crippen molar-refractivity contribution in [3.8, 4) is 11.5 Å². The van der Waals surface area contributed by atoms with Crippen molar-refractivity contribution >= 4 is 12.2 Å². The van der Waals surface area contributed by atoms with Crippen molar-refractivity contribution in [2.45, 2.75) is 6.92 Å². The fourth-order valence-corrected chi connectivity index (χ4v) is 1.13. The third-order valence-corrected chi connectivity index (χ3v) is 2.00. The van der Waals surface area contributed by atoms with Gasteiger partial charge >= 0.3 is 0 Å². The van der Waals surface area contributed by atoms with Crippen molar-refractivity contribution < 1.29 is 0 Å². The number of nitrogen functional groups attached to an aromatic ring is 1. The van der Waals surface area contributed by atoms with Crippen molar-refractivity contribution in [3.05, 3.63) is 22.9 Å². The zero-order valence-corrected chi connectivity index (χ0v) is 8.25. The molecule has 0 aliphatic heterocycles. The summed E-state index contributed by atoms with van der Waals surface area (Å²) < 4.78 is 1.61. The Morgan fingerprint density at radius 1 is 1.43 bits per heavy atom. The molecule has 0 unspecified atom stereocenters. The highest BCUT2D eigenvalue weighted by atomic mass is 32.1. The summed E-state index contributed by atoms with van der Waals surface area (Å²) in [6.45, 7) is 1.86. The van der Waals surface area contributed by atoms with E-state index in [9.17, 15) is 0 Å². The standard InChI is InChI=1S/C7H8N6S/c1-4-2-10-5(3-9-4)6-11-12-7(14)13(6)8/h2-3H,8H2,1H3,(H,12,14). The summed E-state index contributed by atoms with van der Waals surface area (Å²) in [5, 5.41) is 6.51. The second-order valence-corrected chi connectivity index (χ2v) is 3.15. The van der Waals surface area contributed by atoms with Gasteiger partial charge in [-0.15, -0.1) is 0 Å². The molecule has 0 saturated carbocycles. The molecule has 0 radical (unpaired) electrons. The van der Waals surface area contributed by atoms with Crippen LogP contribution in [0.1, 0.15) is 5.69 Å². The van der Waals surface area contributed by atoms with Gasteiger partial charge in [0.1, 0.15) is 5.69 Å². The van der Waals surface area contributed by atoms with Crippen molar-refractivity contribution in [1.29, 1.82) is 0 Å². The lowest BCUT2D eigenvalue weighted by molar-refractivity contribution is 0.971. The van der Waals surface area contributed by atoms with Gasteiger partial charge in [0.25, 0.3) is 0 Å². The van der Waals surface area contributed by atoms with Crippen LogP contribution >= 0.6 is 12.2 Å². The minimum atomic E-state index is 0.349. The van der Waals surface area contributed by atoms with Gasteiger partial charge < -0.3 is 5.84 Å². The van der Waals surface area contributed by atoms with E-state index in [4.69, 9.17) is 18.1 Å². The third-order valence-electron chi connectivity index (χ3n) is 1.71.